The average Bonchev–Trinajstić information content (AvgIpc) is 2.80. The molecule has 0 aliphatic heterocycles. The summed E-state index contributed by atoms with van der Waals surface area (Å²) in [4.78, 5) is 21.4. The molecule has 1 aromatic heterocycles. The Morgan fingerprint density at radius 1 is 1.03 bits per heavy atom. The standard InChI is InChI=1S/C20H30N6O6S/c1-5-25(6-2)33(29,30)17-9-7-16(8-10-17)23-19-18(26(27)28)20(22-15-21-19)24(11-13-31-3)12-14-32-4/h7-10,15H,5-6,11-14H2,1-4H3,(H,21,22,23). The quantitative estimate of drug-likeness (QED) is 0.315. The van der Waals surface area contributed by atoms with Gasteiger partial charge >= 0.3 is 5.69 Å². The van der Waals surface area contributed by atoms with Crippen LogP contribution in [-0.2, 0) is 19.5 Å². The molecule has 1 N–H and O–H groups in total. The third-order valence-corrected chi connectivity index (χ3v) is 6.94. The van der Waals surface area contributed by atoms with E-state index in [1.807, 2.05) is 0 Å². The maximum atomic E-state index is 12.7. The van der Waals surface area contributed by atoms with E-state index in [0.29, 0.717) is 45.1 Å². The van der Waals surface area contributed by atoms with E-state index < -0.39 is 14.9 Å². The van der Waals surface area contributed by atoms with Crippen LogP contribution in [0.15, 0.2) is 35.5 Å². The highest BCUT2D eigenvalue weighted by atomic mass is 32.2. The Balaban J connectivity index is 2.37. The molecule has 0 saturated carbocycles. The van der Waals surface area contributed by atoms with Gasteiger partial charge in [0.1, 0.15) is 6.33 Å². The molecule has 1 aromatic carbocycles. The summed E-state index contributed by atoms with van der Waals surface area (Å²) < 4.78 is 36.9. The molecule has 33 heavy (non-hydrogen) atoms. The summed E-state index contributed by atoms with van der Waals surface area (Å²) in [5, 5.41) is 14.8. The maximum absolute atomic E-state index is 12.7. The Labute approximate surface area is 193 Å². The summed E-state index contributed by atoms with van der Waals surface area (Å²) in [5.74, 6) is 0.122. The number of nitrogens with zero attached hydrogens (tertiary/aromatic N) is 5. The smallest absolute Gasteiger partial charge is 0.353 e. The average molecular weight is 483 g/mol. The van der Waals surface area contributed by atoms with Gasteiger partial charge in [0.05, 0.1) is 23.0 Å². The van der Waals surface area contributed by atoms with Gasteiger partial charge in [-0.15, -0.1) is 0 Å². The Kier molecular flexibility index (Phi) is 9.91. The van der Waals surface area contributed by atoms with Crippen LogP contribution in [0.25, 0.3) is 0 Å². The number of nitrogens with one attached hydrogen (secondary N) is 1. The van der Waals surface area contributed by atoms with E-state index >= 15 is 0 Å². The van der Waals surface area contributed by atoms with Crippen molar-refractivity contribution in [2.45, 2.75) is 18.7 Å². The lowest BCUT2D eigenvalue weighted by atomic mass is 10.3. The van der Waals surface area contributed by atoms with Gasteiger partial charge in [-0.25, -0.2) is 18.4 Å². The van der Waals surface area contributed by atoms with Gasteiger partial charge in [0, 0.05) is 46.1 Å². The van der Waals surface area contributed by atoms with Crippen molar-refractivity contribution in [1.82, 2.24) is 14.3 Å². The van der Waals surface area contributed by atoms with Crippen molar-refractivity contribution >= 4 is 33.0 Å². The molecule has 0 unspecified atom stereocenters. The SMILES string of the molecule is CCN(CC)S(=O)(=O)c1ccc(Nc2ncnc(N(CCOC)CCOC)c2[N+](=O)[O-])cc1. The number of ether oxygens (including phenoxy) is 2. The number of methoxy groups -OCH3 is 2. The van der Waals surface area contributed by atoms with E-state index in [2.05, 4.69) is 15.3 Å². The van der Waals surface area contributed by atoms with Crippen LogP contribution < -0.4 is 10.2 Å². The van der Waals surface area contributed by atoms with Crippen molar-refractivity contribution in [2.75, 3.05) is 63.8 Å². The monoisotopic (exact) mass is 482 g/mol. The summed E-state index contributed by atoms with van der Waals surface area (Å²) >= 11 is 0. The molecule has 0 saturated heterocycles. The second-order valence-corrected chi connectivity index (χ2v) is 8.80. The number of sulfonamides is 1. The van der Waals surface area contributed by atoms with Gasteiger partial charge in [-0.2, -0.15) is 4.31 Å². The van der Waals surface area contributed by atoms with E-state index in [4.69, 9.17) is 9.47 Å². The van der Waals surface area contributed by atoms with Crippen molar-refractivity contribution in [3.05, 3.63) is 40.7 Å². The zero-order valence-corrected chi connectivity index (χ0v) is 20.0. The third kappa shape index (κ3) is 6.57. The second-order valence-electron chi connectivity index (χ2n) is 6.86. The number of anilines is 3. The zero-order chi connectivity index (χ0) is 24.4. The molecule has 0 fully saturated rings. The number of benzene rings is 1. The van der Waals surface area contributed by atoms with E-state index in [9.17, 15) is 18.5 Å². The molecule has 182 valence electrons. The van der Waals surface area contributed by atoms with Crippen LogP contribution in [0.3, 0.4) is 0 Å². The van der Waals surface area contributed by atoms with Gasteiger partial charge in [0.15, 0.2) is 0 Å². The first-order chi connectivity index (χ1) is 15.8. The molecule has 12 nitrogen and oxygen atoms in total. The van der Waals surface area contributed by atoms with Gasteiger partial charge in [-0.1, -0.05) is 13.8 Å². The molecule has 2 rings (SSSR count). The summed E-state index contributed by atoms with van der Waals surface area (Å²) in [6.07, 6.45) is 1.23. The fourth-order valence-electron chi connectivity index (χ4n) is 3.15. The predicted octanol–water partition coefficient (Wildman–Crippen LogP) is 2.26. The van der Waals surface area contributed by atoms with Crippen LogP contribution in [0.5, 0.6) is 0 Å². The highest BCUT2D eigenvalue weighted by Crippen LogP contribution is 2.33. The van der Waals surface area contributed by atoms with E-state index in [1.165, 1.54) is 34.9 Å². The maximum Gasteiger partial charge on any atom is 0.353 e. The minimum absolute atomic E-state index is 0.0100. The fourth-order valence-corrected chi connectivity index (χ4v) is 4.60. The second kappa shape index (κ2) is 12.4. The molecule has 0 bridgehead atoms. The first-order valence-electron chi connectivity index (χ1n) is 10.4. The van der Waals surface area contributed by atoms with Crippen LogP contribution in [0, 0.1) is 10.1 Å². The lowest BCUT2D eigenvalue weighted by molar-refractivity contribution is -0.383. The largest absolute Gasteiger partial charge is 0.383 e. The highest BCUT2D eigenvalue weighted by molar-refractivity contribution is 7.89. The number of nitro groups is 1. The first-order valence-corrected chi connectivity index (χ1v) is 11.8. The summed E-state index contributed by atoms with van der Waals surface area (Å²) in [6.45, 7) is 5.68. The number of hydrogen-bond donors (Lipinski definition) is 1. The van der Waals surface area contributed by atoms with Crippen molar-refractivity contribution < 1.29 is 22.8 Å². The molecular weight excluding hydrogens is 452 g/mol. The van der Waals surface area contributed by atoms with Gasteiger partial charge in [-0.3, -0.25) is 10.1 Å². The fraction of sp³-hybridized carbons (Fsp3) is 0.500. The van der Waals surface area contributed by atoms with Gasteiger partial charge in [-0.05, 0) is 24.3 Å². The molecule has 1 heterocycles. The van der Waals surface area contributed by atoms with Crippen LogP contribution in [0.2, 0.25) is 0 Å². The third-order valence-electron chi connectivity index (χ3n) is 4.88. The first kappa shape index (κ1) is 26.4. The van der Waals surface area contributed by atoms with Crippen LogP contribution in [0.1, 0.15) is 13.8 Å². The highest BCUT2D eigenvalue weighted by Gasteiger charge is 2.27. The zero-order valence-electron chi connectivity index (χ0n) is 19.2. The normalized spacial score (nSPS) is 11.5. The molecule has 0 aliphatic rings. The Morgan fingerprint density at radius 2 is 1.61 bits per heavy atom. The van der Waals surface area contributed by atoms with Crippen molar-refractivity contribution in [1.29, 1.82) is 0 Å². The molecule has 2 aromatic rings. The van der Waals surface area contributed by atoms with Gasteiger partial charge in [0.2, 0.25) is 21.7 Å². The van der Waals surface area contributed by atoms with Crippen LogP contribution in [0.4, 0.5) is 23.0 Å². The number of aromatic nitrogens is 2. The molecule has 13 heteroatoms. The van der Waals surface area contributed by atoms with Crippen LogP contribution >= 0.6 is 0 Å². The Hall–Kier alpha value is -2.87. The predicted molar refractivity (Wildman–Crippen MR) is 124 cm³/mol. The number of hydrogen-bond acceptors (Lipinski definition) is 10. The Bertz CT molecular complexity index is 1010. The minimum atomic E-state index is -3.61. The van der Waals surface area contributed by atoms with Crippen molar-refractivity contribution in [2.24, 2.45) is 0 Å². The van der Waals surface area contributed by atoms with Gasteiger partial charge < -0.3 is 19.7 Å². The molecule has 0 amide bonds. The lowest BCUT2D eigenvalue weighted by Crippen LogP contribution is -2.32. The molecule has 0 spiro atoms. The van der Waals surface area contributed by atoms with E-state index in [1.54, 1.807) is 33.0 Å². The van der Waals surface area contributed by atoms with Crippen molar-refractivity contribution in [3.63, 3.8) is 0 Å². The van der Waals surface area contributed by atoms with Gasteiger partial charge in [0.25, 0.3) is 0 Å². The summed E-state index contributed by atoms with van der Waals surface area (Å²) in [7, 11) is -0.524. The minimum Gasteiger partial charge on any atom is -0.383 e. The summed E-state index contributed by atoms with van der Waals surface area (Å²) in [6, 6.07) is 5.98. The molecular formula is C20H30N6O6S. The molecule has 0 atom stereocenters. The molecule has 0 radical (unpaired) electrons. The number of rotatable bonds is 14. The molecule has 0 aliphatic carbocycles. The lowest BCUT2D eigenvalue weighted by Gasteiger charge is -2.23. The van der Waals surface area contributed by atoms with E-state index in [0.717, 1.165) is 0 Å². The summed E-state index contributed by atoms with van der Waals surface area (Å²) in [5.41, 5.74) is 0.145. The van der Waals surface area contributed by atoms with Crippen molar-refractivity contribution in [3.8, 4) is 0 Å². The van der Waals surface area contributed by atoms with Crippen LogP contribution in [-0.4, -0.2) is 81.2 Å². The topological polar surface area (TPSA) is 140 Å². The van der Waals surface area contributed by atoms with E-state index in [-0.39, 0.29) is 22.2 Å². The Morgan fingerprint density at radius 3 is 2.09 bits per heavy atom.